The molecular weight excluding hydrogens is 198 g/mol. The maximum Gasteiger partial charge on any atom is 0.492 e. The van der Waals surface area contributed by atoms with Gasteiger partial charge in [0.1, 0.15) is 11.6 Å². The molecule has 0 bridgehead atoms. The second-order valence-electron chi connectivity index (χ2n) is 3.68. The average Bonchev–Trinajstić information content (AvgIpc) is 2.09. The summed E-state index contributed by atoms with van der Waals surface area (Å²) in [6.07, 6.45) is -0.104. The Kier molecular flexibility index (Phi) is 3.71. The van der Waals surface area contributed by atoms with Crippen LogP contribution in [0.15, 0.2) is 12.1 Å². The van der Waals surface area contributed by atoms with Gasteiger partial charge in [-0.3, -0.25) is 0 Å². The molecule has 15 heavy (non-hydrogen) atoms. The van der Waals surface area contributed by atoms with Crippen LogP contribution in [0, 0.1) is 12.7 Å². The van der Waals surface area contributed by atoms with E-state index in [9.17, 15) is 4.39 Å². The van der Waals surface area contributed by atoms with Gasteiger partial charge in [0.25, 0.3) is 0 Å². The summed E-state index contributed by atoms with van der Waals surface area (Å²) < 4.78 is 18.5. The highest BCUT2D eigenvalue weighted by atomic mass is 19.1. The van der Waals surface area contributed by atoms with E-state index in [4.69, 9.17) is 14.8 Å². The molecule has 0 fully saturated rings. The molecule has 5 heteroatoms. The number of hydrogen-bond donors (Lipinski definition) is 2. The van der Waals surface area contributed by atoms with Crippen molar-refractivity contribution in [1.82, 2.24) is 0 Å². The second-order valence-corrected chi connectivity index (χ2v) is 3.68. The molecule has 0 aliphatic rings. The lowest BCUT2D eigenvalue weighted by atomic mass is 9.79. The van der Waals surface area contributed by atoms with Gasteiger partial charge in [0.15, 0.2) is 0 Å². The molecular formula is C10H14BFO3. The molecule has 1 rings (SSSR count). The summed E-state index contributed by atoms with van der Waals surface area (Å²) in [5.41, 5.74) is 0.460. The molecule has 0 radical (unpaired) electrons. The summed E-state index contributed by atoms with van der Waals surface area (Å²) in [5, 5.41) is 18.1. The number of benzene rings is 1. The first-order valence-electron chi connectivity index (χ1n) is 4.74. The fourth-order valence-electron chi connectivity index (χ4n) is 1.23. The molecule has 0 spiro atoms. The first-order chi connectivity index (χ1) is 6.91. The minimum absolute atomic E-state index is 0.0480. The van der Waals surface area contributed by atoms with Crippen molar-refractivity contribution in [1.29, 1.82) is 0 Å². The molecule has 1 aromatic rings. The van der Waals surface area contributed by atoms with E-state index < -0.39 is 12.9 Å². The van der Waals surface area contributed by atoms with Crippen LogP contribution in [-0.2, 0) is 0 Å². The Hall–Kier alpha value is -1.07. The van der Waals surface area contributed by atoms with Crippen molar-refractivity contribution in [2.75, 3.05) is 0 Å². The van der Waals surface area contributed by atoms with Gasteiger partial charge in [0, 0.05) is 5.46 Å². The van der Waals surface area contributed by atoms with E-state index in [1.165, 1.54) is 6.07 Å². The highest BCUT2D eigenvalue weighted by Crippen LogP contribution is 2.15. The lowest BCUT2D eigenvalue weighted by Gasteiger charge is -2.15. The Balaban J connectivity index is 3.16. The standard InChI is InChI=1S/C10H14BFO3/c1-6(2)15-10-4-7(3)9(12)5-8(10)11(13)14/h4-6,13-14H,1-3H3. The van der Waals surface area contributed by atoms with Crippen molar-refractivity contribution in [2.45, 2.75) is 26.9 Å². The van der Waals surface area contributed by atoms with Crippen LogP contribution in [0.3, 0.4) is 0 Å². The number of hydrogen-bond acceptors (Lipinski definition) is 3. The first kappa shape index (κ1) is 12.0. The predicted octanol–water partition coefficient (Wildman–Crippen LogP) is 0.601. The van der Waals surface area contributed by atoms with Gasteiger partial charge in [-0.25, -0.2) is 4.39 Å². The second kappa shape index (κ2) is 4.64. The van der Waals surface area contributed by atoms with E-state index >= 15 is 0 Å². The van der Waals surface area contributed by atoms with E-state index in [2.05, 4.69) is 0 Å². The molecule has 0 aromatic heterocycles. The van der Waals surface area contributed by atoms with Crippen LogP contribution in [0.2, 0.25) is 0 Å². The van der Waals surface area contributed by atoms with Crippen molar-refractivity contribution in [2.24, 2.45) is 0 Å². The normalized spacial score (nSPS) is 10.6. The van der Waals surface area contributed by atoms with E-state index in [0.717, 1.165) is 6.07 Å². The van der Waals surface area contributed by atoms with Gasteiger partial charge in [-0.2, -0.15) is 0 Å². The topological polar surface area (TPSA) is 49.7 Å². The zero-order chi connectivity index (χ0) is 11.6. The predicted molar refractivity (Wildman–Crippen MR) is 56.7 cm³/mol. The van der Waals surface area contributed by atoms with Gasteiger partial charge in [-0.15, -0.1) is 0 Å². The van der Waals surface area contributed by atoms with E-state index in [-0.39, 0.29) is 11.6 Å². The minimum Gasteiger partial charge on any atom is -0.491 e. The third-order valence-corrected chi connectivity index (χ3v) is 1.93. The van der Waals surface area contributed by atoms with Gasteiger partial charge in [-0.1, -0.05) is 0 Å². The van der Waals surface area contributed by atoms with Crippen molar-refractivity contribution in [3.63, 3.8) is 0 Å². The maximum atomic E-state index is 13.2. The van der Waals surface area contributed by atoms with Crippen molar-refractivity contribution < 1.29 is 19.2 Å². The quantitative estimate of drug-likeness (QED) is 0.721. The Bertz CT molecular complexity index is 353. The van der Waals surface area contributed by atoms with Crippen LogP contribution in [-0.4, -0.2) is 23.3 Å². The molecule has 0 saturated heterocycles. The van der Waals surface area contributed by atoms with E-state index in [0.29, 0.717) is 11.3 Å². The SMILES string of the molecule is Cc1cc(OC(C)C)c(B(O)O)cc1F. The van der Waals surface area contributed by atoms with Crippen LogP contribution in [0.4, 0.5) is 4.39 Å². The van der Waals surface area contributed by atoms with Crippen LogP contribution in [0.25, 0.3) is 0 Å². The Morgan fingerprint density at radius 3 is 2.40 bits per heavy atom. The fourth-order valence-corrected chi connectivity index (χ4v) is 1.23. The lowest BCUT2D eigenvalue weighted by molar-refractivity contribution is 0.243. The van der Waals surface area contributed by atoms with Gasteiger partial charge < -0.3 is 14.8 Å². The molecule has 2 N–H and O–H groups in total. The Morgan fingerprint density at radius 2 is 1.93 bits per heavy atom. The molecule has 3 nitrogen and oxygen atoms in total. The van der Waals surface area contributed by atoms with Gasteiger partial charge in [0.2, 0.25) is 0 Å². The van der Waals surface area contributed by atoms with Crippen LogP contribution >= 0.6 is 0 Å². The number of aryl methyl sites for hydroxylation is 1. The van der Waals surface area contributed by atoms with Crippen LogP contribution < -0.4 is 10.2 Å². The molecule has 82 valence electrons. The zero-order valence-electron chi connectivity index (χ0n) is 8.99. The van der Waals surface area contributed by atoms with Crippen LogP contribution in [0.1, 0.15) is 19.4 Å². The third kappa shape index (κ3) is 2.94. The summed E-state index contributed by atoms with van der Waals surface area (Å²) >= 11 is 0. The summed E-state index contributed by atoms with van der Waals surface area (Å²) in [5.74, 6) is -0.173. The zero-order valence-corrected chi connectivity index (χ0v) is 8.99. The third-order valence-electron chi connectivity index (χ3n) is 1.93. The van der Waals surface area contributed by atoms with E-state index in [1.807, 2.05) is 13.8 Å². The van der Waals surface area contributed by atoms with Gasteiger partial charge in [0.05, 0.1) is 6.10 Å². The number of rotatable bonds is 3. The molecule has 0 saturated carbocycles. The Morgan fingerprint density at radius 1 is 1.33 bits per heavy atom. The molecule has 0 aliphatic heterocycles. The number of halogens is 1. The summed E-state index contributed by atoms with van der Waals surface area (Å²) in [6, 6.07) is 2.54. The minimum atomic E-state index is -1.73. The summed E-state index contributed by atoms with van der Waals surface area (Å²) in [6.45, 7) is 5.22. The van der Waals surface area contributed by atoms with Gasteiger partial charge >= 0.3 is 7.12 Å². The highest BCUT2D eigenvalue weighted by molar-refractivity contribution is 6.59. The molecule has 0 atom stereocenters. The van der Waals surface area contributed by atoms with Crippen molar-refractivity contribution in [3.05, 3.63) is 23.5 Å². The highest BCUT2D eigenvalue weighted by Gasteiger charge is 2.20. The smallest absolute Gasteiger partial charge is 0.491 e. The molecule has 0 amide bonds. The van der Waals surface area contributed by atoms with E-state index in [1.54, 1.807) is 6.92 Å². The summed E-state index contributed by atoms with van der Waals surface area (Å²) in [4.78, 5) is 0. The maximum absolute atomic E-state index is 13.2. The van der Waals surface area contributed by atoms with Crippen LogP contribution in [0.5, 0.6) is 5.75 Å². The molecule has 0 heterocycles. The monoisotopic (exact) mass is 212 g/mol. The Labute approximate surface area is 88.7 Å². The van der Waals surface area contributed by atoms with Crippen molar-refractivity contribution in [3.8, 4) is 5.75 Å². The molecule has 0 aliphatic carbocycles. The summed E-state index contributed by atoms with van der Waals surface area (Å²) in [7, 11) is -1.73. The largest absolute Gasteiger partial charge is 0.492 e. The van der Waals surface area contributed by atoms with Crippen molar-refractivity contribution >= 4 is 12.6 Å². The molecule has 0 unspecified atom stereocenters. The van der Waals surface area contributed by atoms with Gasteiger partial charge in [-0.05, 0) is 38.5 Å². The average molecular weight is 212 g/mol. The lowest BCUT2D eigenvalue weighted by Crippen LogP contribution is -2.33. The first-order valence-corrected chi connectivity index (χ1v) is 4.74. The fraction of sp³-hybridized carbons (Fsp3) is 0.400. The molecule has 1 aromatic carbocycles. The number of ether oxygens (including phenoxy) is 1.